The second-order valence-electron chi connectivity index (χ2n) is 4.21. The number of hydrogen-bond donors (Lipinski definition) is 1. The van der Waals surface area contributed by atoms with Gasteiger partial charge in [-0.05, 0) is 24.0 Å². The number of methoxy groups -OCH3 is 1. The van der Waals surface area contributed by atoms with Crippen molar-refractivity contribution in [1.29, 1.82) is 0 Å². The summed E-state index contributed by atoms with van der Waals surface area (Å²) in [5.41, 5.74) is 6.62. The summed E-state index contributed by atoms with van der Waals surface area (Å²) in [4.78, 5) is 11.5. The van der Waals surface area contributed by atoms with Crippen molar-refractivity contribution in [2.45, 2.75) is 32.3 Å². The van der Waals surface area contributed by atoms with Crippen LogP contribution in [0, 0.1) is 0 Å². The summed E-state index contributed by atoms with van der Waals surface area (Å²) in [5.74, 6) is 0.626. The van der Waals surface area contributed by atoms with Gasteiger partial charge in [-0.1, -0.05) is 32.0 Å². The van der Waals surface area contributed by atoms with Crippen LogP contribution in [0.1, 0.15) is 31.7 Å². The number of rotatable bonds is 6. The summed E-state index contributed by atoms with van der Waals surface area (Å²) in [6, 6.07) is 7.71. The molecule has 0 aliphatic heterocycles. The Bertz CT molecular complexity index is 392. The first-order valence-electron chi connectivity index (χ1n) is 6.17. The third-order valence-electron chi connectivity index (χ3n) is 3.01. The summed E-state index contributed by atoms with van der Waals surface area (Å²) >= 11 is 0. The normalized spacial score (nSPS) is 13.8. The fourth-order valence-electron chi connectivity index (χ4n) is 1.69. The second kappa shape index (κ2) is 7.01. The molecule has 1 aromatic carbocycles. The van der Waals surface area contributed by atoms with Crippen LogP contribution in [0.25, 0.3) is 0 Å². The van der Waals surface area contributed by atoms with Gasteiger partial charge >= 0.3 is 5.97 Å². The third-order valence-corrected chi connectivity index (χ3v) is 3.01. The Balaban J connectivity index is 2.92. The van der Waals surface area contributed by atoms with Gasteiger partial charge in [0.05, 0.1) is 7.11 Å². The molecule has 0 aliphatic carbocycles. The molecule has 0 amide bonds. The molecule has 18 heavy (non-hydrogen) atoms. The molecule has 0 aromatic heterocycles. The van der Waals surface area contributed by atoms with Crippen LogP contribution in [-0.4, -0.2) is 25.7 Å². The fourth-order valence-corrected chi connectivity index (χ4v) is 1.69. The third kappa shape index (κ3) is 3.47. The Kier molecular flexibility index (Phi) is 5.65. The molecule has 4 nitrogen and oxygen atoms in total. The quantitative estimate of drug-likeness (QED) is 0.786. The maximum absolute atomic E-state index is 11.5. The van der Waals surface area contributed by atoms with Gasteiger partial charge in [0.1, 0.15) is 5.75 Å². The van der Waals surface area contributed by atoms with Crippen LogP contribution in [-0.2, 0) is 9.53 Å². The molecule has 0 aliphatic rings. The van der Waals surface area contributed by atoms with Crippen molar-refractivity contribution in [2.75, 3.05) is 13.7 Å². The van der Waals surface area contributed by atoms with Crippen molar-refractivity contribution in [1.82, 2.24) is 0 Å². The summed E-state index contributed by atoms with van der Waals surface area (Å²) in [6.45, 7) is 4.33. The Morgan fingerprint density at radius 2 is 2.06 bits per heavy atom. The van der Waals surface area contributed by atoms with Crippen LogP contribution in [0.3, 0.4) is 0 Å². The van der Waals surface area contributed by atoms with Crippen LogP contribution in [0.2, 0.25) is 0 Å². The zero-order valence-corrected chi connectivity index (χ0v) is 11.2. The standard InChI is InChI=1S/C14H21NO3/c1-4-10(2)11-7-5-6-8-12(11)18-13(9-15)14(16)17-3/h5-8,10,13H,4,9,15H2,1-3H3. The molecule has 0 fully saturated rings. The number of carbonyl (C=O) groups excluding carboxylic acids is 1. The number of ether oxygens (including phenoxy) is 2. The molecule has 0 spiro atoms. The lowest BCUT2D eigenvalue weighted by Crippen LogP contribution is -2.36. The zero-order chi connectivity index (χ0) is 13.5. The number of nitrogens with two attached hydrogens (primary N) is 1. The first-order valence-corrected chi connectivity index (χ1v) is 6.17. The van der Waals surface area contributed by atoms with Crippen molar-refractivity contribution >= 4 is 5.97 Å². The van der Waals surface area contributed by atoms with E-state index in [0.29, 0.717) is 11.7 Å². The molecule has 1 rings (SSSR count). The van der Waals surface area contributed by atoms with Crippen LogP contribution >= 0.6 is 0 Å². The van der Waals surface area contributed by atoms with Gasteiger partial charge in [0.2, 0.25) is 6.10 Å². The van der Waals surface area contributed by atoms with Crippen molar-refractivity contribution < 1.29 is 14.3 Å². The van der Waals surface area contributed by atoms with Gasteiger partial charge in [0.25, 0.3) is 0 Å². The van der Waals surface area contributed by atoms with Crippen molar-refractivity contribution in [3.8, 4) is 5.75 Å². The maximum Gasteiger partial charge on any atom is 0.348 e. The first kappa shape index (κ1) is 14.5. The Labute approximate surface area is 108 Å². The lowest BCUT2D eigenvalue weighted by atomic mass is 9.98. The molecule has 0 radical (unpaired) electrons. The van der Waals surface area contributed by atoms with Crippen molar-refractivity contribution in [3.63, 3.8) is 0 Å². The molecule has 2 N–H and O–H groups in total. The van der Waals surface area contributed by atoms with E-state index in [1.54, 1.807) is 0 Å². The highest BCUT2D eigenvalue weighted by Crippen LogP contribution is 2.29. The SMILES string of the molecule is CCC(C)c1ccccc1OC(CN)C(=O)OC. The van der Waals surface area contributed by atoms with Crippen molar-refractivity contribution in [3.05, 3.63) is 29.8 Å². The lowest BCUT2D eigenvalue weighted by molar-refractivity contribution is -0.148. The molecule has 0 heterocycles. The van der Waals surface area contributed by atoms with Crippen LogP contribution in [0.4, 0.5) is 0 Å². The van der Waals surface area contributed by atoms with Gasteiger partial charge in [-0.3, -0.25) is 0 Å². The highest BCUT2D eigenvalue weighted by molar-refractivity contribution is 5.75. The molecular weight excluding hydrogens is 230 g/mol. The van der Waals surface area contributed by atoms with Gasteiger partial charge in [-0.15, -0.1) is 0 Å². The molecular formula is C14H21NO3. The molecule has 100 valence electrons. The number of carbonyl (C=O) groups is 1. The Hall–Kier alpha value is -1.55. The molecule has 0 saturated heterocycles. The van der Waals surface area contributed by atoms with E-state index in [-0.39, 0.29) is 6.54 Å². The average Bonchev–Trinajstić information content (AvgIpc) is 2.43. The zero-order valence-electron chi connectivity index (χ0n) is 11.2. The molecule has 1 aromatic rings. The molecule has 2 unspecified atom stereocenters. The van der Waals surface area contributed by atoms with E-state index in [4.69, 9.17) is 10.5 Å². The topological polar surface area (TPSA) is 61.5 Å². The number of hydrogen-bond acceptors (Lipinski definition) is 4. The number of para-hydroxylation sites is 1. The Morgan fingerprint density at radius 3 is 2.61 bits per heavy atom. The van der Waals surface area contributed by atoms with Crippen LogP contribution in [0.5, 0.6) is 5.75 Å². The molecule has 0 bridgehead atoms. The predicted octanol–water partition coefficient (Wildman–Crippen LogP) is 2.08. The minimum Gasteiger partial charge on any atom is -0.477 e. The summed E-state index contributed by atoms with van der Waals surface area (Å²) < 4.78 is 10.3. The largest absolute Gasteiger partial charge is 0.477 e. The van der Waals surface area contributed by atoms with Crippen LogP contribution in [0.15, 0.2) is 24.3 Å². The lowest BCUT2D eigenvalue weighted by Gasteiger charge is -2.19. The summed E-state index contributed by atoms with van der Waals surface area (Å²) in [6.07, 6.45) is 0.256. The number of esters is 1. The highest BCUT2D eigenvalue weighted by Gasteiger charge is 2.21. The maximum atomic E-state index is 11.5. The van der Waals surface area contributed by atoms with E-state index in [9.17, 15) is 4.79 Å². The average molecular weight is 251 g/mol. The summed E-state index contributed by atoms with van der Waals surface area (Å²) in [7, 11) is 1.33. The van der Waals surface area contributed by atoms with Gasteiger partial charge in [-0.25, -0.2) is 4.79 Å². The second-order valence-corrected chi connectivity index (χ2v) is 4.21. The van der Waals surface area contributed by atoms with E-state index in [2.05, 4.69) is 18.6 Å². The number of benzene rings is 1. The van der Waals surface area contributed by atoms with Gasteiger partial charge in [0, 0.05) is 6.54 Å². The van der Waals surface area contributed by atoms with E-state index in [1.165, 1.54) is 7.11 Å². The van der Waals surface area contributed by atoms with Gasteiger partial charge < -0.3 is 15.2 Å². The minimum atomic E-state index is -0.750. The van der Waals surface area contributed by atoms with Gasteiger partial charge in [0.15, 0.2) is 0 Å². The predicted molar refractivity (Wildman–Crippen MR) is 70.6 cm³/mol. The summed E-state index contributed by atoms with van der Waals surface area (Å²) in [5, 5.41) is 0. The fraction of sp³-hybridized carbons (Fsp3) is 0.500. The molecule has 0 saturated carbocycles. The van der Waals surface area contributed by atoms with E-state index < -0.39 is 12.1 Å². The minimum absolute atomic E-state index is 0.0987. The molecule has 2 atom stereocenters. The van der Waals surface area contributed by atoms with Crippen molar-refractivity contribution in [2.24, 2.45) is 5.73 Å². The first-order chi connectivity index (χ1) is 8.63. The highest BCUT2D eigenvalue weighted by atomic mass is 16.6. The monoisotopic (exact) mass is 251 g/mol. The van der Waals surface area contributed by atoms with Crippen LogP contribution < -0.4 is 10.5 Å². The Morgan fingerprint density at radius 1 is 1.39 bits per heavy atom. The van der Waals surface area contributed by atoms with E-state index in [1.807, 2.05) is 24.3 Å². The van der Waals surface area contributed by atoms with Gasteiger partial charge in [-0.2, -0.15) is 0 Å². The van der Waals surface area contributed by atoms with E-state index in [0.717, 1.165) is 12.0 Å². The molecule has 4 heteroatoms. The van der Waals surface area contributed by atoms with E-state index >= 15 is 0 Å². The smallest absolute Gasteiger partial charge is 0.348 e.